The highest BCUT2D eigenvalue weighted by atomic mass is 35.5. The van der Waals surface area contributed by atoms with E-state index in [0.717, 1.165) is 22.2 Å². The first-order valence-corrected chi connectivity index (χ1v) is 12.3. The Hall–Kier alpha value is -2.12. The summed E-state index contributed by atoms with van der Waals surface area (Å²) in [7, 11) is -3.53. The molecule has 0 bridgehead atoms. The fourth-order valence-corrected chi connectivity index (χ4v) is 6.42. The third kappa shape index (κ3) is 3.42. The molecule has 2 aliphatic heterocycles. The van der Waals surface area contributed by atoms with Gasteiger partial charge in [0.15, 0.2) is 0 Å². The Bertz CT molecular complexity index is 1260. The highest BCUT2D eigenvalue weighted by Crippen LogP contribution is 2.44. The van der Waals surface area contributed by atoms with Gasteiger partial charge in [0.05, 0.1) is 23.2 Å². The zero-order valence-electron chi connectivity index (χ0n) is 17.4. The number of sulfonamides is 1. The minimum Gasteiger partial charge on any atom is -0.360 e. The summed E-state index contributed by atoms with van der Waals surface area (Å²) in [5, 5.41) is 1.81. The molecule has 0 unspecified atom stereocenters. The van der Waals surface area contributed by atoms with E-state index in [0.29, 0.717) is 42.4 Å². The maximum absolute atomic E-state index is 13.2. The first kappa shape index (κ1) is 20.8. The molecule has 0 radical (unpaired) electrons. The number of hydrogen-bond acceptors (Lipinski definition) is 3. The molecule has 0 aliphatic carbocycles. The third-order valence-corrected chi connectivity index (χ3v) is 8.67. The SMILES string of the molecule is C=C[C@H]1Cn2c(cc3ccc(Cl)cc32)C2(CCN(S(=O)(=O)c3ccc(C)cc3)CC2)O1. The van der Waals surface area contributed by atoms with E-state index in [9.17, 15) is 8.42 Å². The summed E-state index contributed by atoms with van der Waals surface area (Å²) >= 11 is 6.26. The lowest BCUT2D eigenvalue weighted by Crippen LogP contribution is -2.51. The number of benzene rings is 2. The average molecular weight is 457 g/mol. The van der Waals surface area contributed by atoms with E-state index in [2.05, 4.69) is 17.2 Å². The number of rotatable bonds is 3. The largest absolute Gasteiger partial charge is 0.360 e. The topological polar surface area (TPSA) is 51.5 Å². The number of ether oxygens (including phenoxy) is 1. The van der Waals surface area contributed by atoms with Crippen molar-refractivity contribution in [3.05, 3.63) is 77.5 Å². The highest BCUT2D eigenvalue weighted by molar-refractivity contribution is 7.89. The molecular formula is C24H25ClN2O3S. The van der Waals surface area contributed by atoms with Gasteiger partial charge in [-0.1, -0.05) is 41.4 Å². The molecule has 1 fully saturated rings. The number of halogens is 1. The van der Waals surface area contributed by atoms with Crippen LogP contribution in [0.1, 0.15) is 24.1 Å². The molecule has 5 nitrogen and oxygen atoms in total. The van der Waals surface area contributed by atoms with E-state index >= 15 is 0 Å². The molecule has 3 aromatic rings. The van der Waals surface area contributed by atoms with E-state index in [-0.39, 0.29) is 6.10 Å². The van der Waals surface area contributed by atoms with Gasteiger partial charge in [-0.3, -0.25) is 0 Å². The van der Waals surface area contributed by atoms with Crippen molar-refractivity contribution < 1.29 is 13.2 Å². The zero-order chi connectivity index (χ0) is 21.8. The third-order valence-electron chi connectivity index (χ3n) is 6.52. The number of aryl methyl sites for hydroxylation is 1. The van der Waals surface area contributed by atoms with E-state index in [1.54, 1.807) is 16.4 Å². The minimum absolute atomic E-state index is 0.137. The van der Waals surface area contributed by atoms with Gasteiger partial charge in [-0.25, -0.2) is 8.42 Å². The Morgan fingerprint density at radius 2 is 1.84 bits per heavy atom. The fourth-order valence-electron chi connectivity index (χ4n) is 4.81. The number of aromatic nitrogens is 1. The first-order valence-electron chi connectivity index (χ1n) is 10.5. The van der Waals surface area contributed by atoms with Gasteiger partial charge >= 0.3 is 0 Å². The summed E-state index contributed by atoms with van der Waals surface area (Å²) in [6.45, 7) is 7.38. The molecule has 5 rings (SSSR count). The van der Waals surface area contributed by atoms with Crippen LogP contribution in [0.15, 0.2) is 66.1 Å². The molecule has 2 aromatic carbocycles. The van der Waals surface area contributed by atoms with Crippen LogP contribution in [-0.2, 0) is 26.9 Å². The summed E-state index contributed by atoms with van der Waals surface area (Å²) in [6, 6.07) is 15.1. The van der Waals surface area contributed by atoms with Gasteiger partial charge in [-0.2, -0.15) is 4.31 Å². The van der Waals surface area contributed by atoms with Crippen molar-refractivity contribution in [2.24, 2.45) is 0 Å². The second kappa shape index (κ2) is 7.48. The maximum Gasteiger partial charge on any atom is 0.243 e. The summed E-state index contributed by atoms with van der Waals surface area (Å²) in [5.41, 5.74) is 2.67. The molecule has 1 atom stereocenters. The van der Waals surface area contributed by atoms with Crippen LogP contribution >= 0.6 is 11.6 Å². The molecule has 0 N–H and O–H groups in total. The number of fused-ring (bicyclic) bond motifs is 4. The van der Waals surface area contributed by atoms with Gasteiger partial charge in [0.2, 0.25) is 10.0 Å². The summed E-state index contributed by atoms with van der Waals surface area (Å²) < 4.78 is 36.7. The van der Waals surface area contributed by atoms with Crippen molar-refractivity contribution in [3.8, 4) is 0 Å². The Labute approximate surface area is 187 Å². The average Bonchev–Trinajstić information content (AvgIpc) is 3.13. The summed E-state index contributed by atoms with van der Waals surface area (Å²) in [4.78, 5) is 0.339. The van der Waals surface area contributed by atoms with Gasteiger partial charge in [-0.15, -0.1) is 6.58 Å². The summed E-state index contributed by atoms with van der Waals surface area (Å²) in [6.07, 6.45) is 2.87. The van der Waals surface area contributed by atoms with Crippen LogP contribution in [0.4, 0.5) is 0 Å². The molecule has 31 heavy (non-hydrogen) atoms. The standard InChI is InChI=1S/C24H25ClN2O3S/c1-3-20-16-27-22-15-19(25)7-6-18(22)14-23(27)24(30-20)10-12-26(13-11-24)31(28,29)21-8-4-17(2)5-9-21/h3-9,14-15,20H,1,10-13,16H2,2H3/t20-/m0/s1. The highest BCUT2D eigenvalue weighted by Gasteiger charge is 2.46. The molecular weight excluding hydrogens is 432 g/mol. The van der Waals surface area contributed by atoms with E-state index in [1.807, 2.05) is 43.3 Å². The molecule has 7 heteroatoms. The lowest BCUT2D eigenvalue weighted by Gasteiger charge is -2.46. The predicted octanol–water partition coefficient (Wildman–Crippen LogP) is 4.87. The molecule has 0 saturated carbocycles. The van der Waals surface area contributed by atoms with Crippen LogP contribution in [0.5, 0.6) is 0 Å². The lowest BCUT2D eigenvalue weighted by atomic mass is 9.87. The Kier molecular flexibility index (Phi) is 5.01. The number of piperidine rings is 1. The van der Waals surface area contributed by atoms with Crippen molar-refractivity contribution in [1.29, 1.82) is 0 Å². The zero-order valence-corrected chi connectivity index (χ0v) is 19.0. The minimum atomic E-state index is -3.53. The van der Waals surface area contributed by atoms with E-state index in [4.69, 9.17) is 16.3 Å². The maximum atomic E-state index is 13.2. The van der Waals surface area contributed by atoms with Crippen LogP contribution in [0.25, 0.3) is 10.9 Å². The Balaban J connectivity index is 1.49. The molecule has 162 valence electrons. The first-order chi connectivity index (χ1) is 14.8. The molecule has 1 spiro atoms. The number of hydrogen-bond donors (Lipinski definition) is 0. The lowest BCUT2D eigenvalue weighted by molar-refractivity contribution is -0.132. The normalized spacial score (nSPS) is 21.3. The molecule has 2 aliphatic rings. The molecule has 1 saturated heterocycles. The van der Waals surface area contributed by atoms with Crippen molar-refractivity contribution in [2.45, 2.75) is 42.9 Å². The van der Waals surface area contributed by atoms with E-state index < -0.39 is 15.6 Å². The Morgan fingerprint density at radius 1 is 1.13 bits per heavy atom. The van der Waals surface area contributed by atoms with Gasteiger partial charge < -0.3 is 9.30 Å². The van der Waals surface area contributed by atoms with Crippen LogP contribution in [0.2, 0.25) is 5.02 Å². The quantitative estimate of drug-likeness (QED) is 0.528. The van der Waals surface area contributed by atoms with Gasteiger partial charge in [0.25, 0.3) is 0 Å². The Morgan fingerprint density at radius 3 is 2.52 bits per heavy atom. The summed E-state index contributed by atoms with van der Waals surface area (Å²) in [5.74, 6) is 0. The second-order valence-electron chi connectivity index (χ2n) is 8.45. The van der Waals surface area contributed by atoms with Crippen molar-refractivity contribution in [3.63, 3.8) is 0 Å². The molecule has 3 heterocycles. The van der Waals surface area contributed by atoms with E-state index in [1.165, 1.54) is 0 Å². The van der Waals surface area contributed by atoms with Gasteiger partial charge in [-0.05, 0) is 50.1 Å². The second-order valence-corrected chi connectivity index (χ2v) is 10.8. The molecule has 0 amide bonds. The monoisotopic (exact) mass is 456 g/mol. The van der Waals surface area contributed by atoms with Crippen molar-refractivity contribution in [1.82, 2.24) is 8.87 Å². The van der Waals surface area contributed by atoms with Crippen LogP contribution in [0.3, 0.4) is 0 Å². The van der Waals surface area contributed by atoms with Crippen LogP contribution in [0, 0.1) is 6.92 Å². The van der Waals surface area contributed by atoms with Crippen LogP contribution in [-0.4, -0.2) is 36.5 Å². The predicted molar refractivity (Wildman–Crippen MR) is 123 cm³/mol. The van der Waals surface area contributed by atoms with Crippen molar-refractivity contribution >= 4 is 32.5 Å². The smallest absolute Gasteiger partial charge is 0.243 e. The van der Waals surface area contributed by atoms with Crippen molar-refractivity contribution in [2.75, 3.05) is 13.1 Å². The number of nitrogens with zero attached hydrogens (tertiary/aromatic N) is 2. The van der Waals surface area contributed by atoms with Crippen LogP contribution < -0.4 is 0 Å². The van der Waals surface area contributed by atoms with Gasteiger partial charge in [0, 0.05) is 29.0 Å². The fraction of sp³-hybridized carbons (Fsp3) is 0.333. The molecule has 1 aromatic heterocycles. The van der Waals surface area contributed by atoms with Gasteiger partial charge in [0.1, 0.15) is 5.60 Å².